The minimum absolute atomic E-state index is 0.000718. The minimum Gasteiger partial charge on any atom is -0.372 e. The van der Waals surface area contributed by atoms with Gasteiger partial charge in [-0.25, -0.2) is 0 Å². The molecule has 2 fully saturated rings. The molecular weight excluding hydrogens is 460 g/mol. The first kappa shape index (κ1) is 25.6. The number of anilines is 1. The smallest absolute Gasteiger partial charge is 0.270 e. The van der Waals surface area contributed by atoms with Crippen molar-refractivity contribution in [3.05, 3.63) is 69.3 Å². The number of nitro groups is 1. The van der Waals surface area contributed by atoms with Crippen molar-refractivity contribution in [3.8, 4) is 0 Å². The summed E-state index contributed by atoms with van der Waals surface area (Å²) in [4.78, 5) is 40.8. The van der Waals surface area contributed by atoms with Crippen molar-refractivity contribution in [2.75, 3.05) is 31.1 Å². The number of nitrogens with one attached hydrogen (secondary N) is 1. The van der Waals surface area contributed by atoms with Crippen molar-refractivity contribution in [1.29, 1.82) is 0 Å². The number of rotatable bonds is 6. The van der Waals surface area contributed by atoms with E-state index in [1.54, 1.807) is 23.1 Å². The van der Waals surface area contributed by atoms with Gasteiger partial charge in [-0.05, 0) is 56.4 Å². The van der Waals surface area contributed by atoms with Gasteiger partial charge in [0.2, 0.25) is 0 Å². The predicted octanol–water partition coefficient (Wildman–Crippen LogP) is 4.01. The molecule has 2 amide bonds. The zero-order chi connectivity index (χ0) is 25.8. The summed E-state index contributed by atoms with van der Waals surface area (Å²) in [6.45, 7) is 9.12. The van der Waals surface area contributed by atoms with Gasteiger partial charge in [0.05, 0.1) is 28.4 Å². The van der Waals surface area contributed by atoms with E-state index in [1.807, 2.05) is 26.0 Å². The quantitative estimate of drug-likeness (QED) is 0.481. The first-order valence-corrected chi connectivity index (χ1v) is 12.6. The summed E-state index contributed by atoms with van der Waals surface area (Å²) in [7, 11) is 0. The number of amides is 2. The van der Waals surface area contributed by atoms with Crippen molar-refractivity contribution in [2.24, 2.45) is 5.92 Å². The Bertz CT molecular complexity index is 1100. The van der Waals surface area contributed by atoms with Crippen LogP contribution in [-0.4, -0.2) is 60.0 Å². The largest absolute Gasteiger partial charge is 0.372 e. The third kappa shape index (κ3) is 6.02. The van der Waals surface area contributed by atoms with Crippen molar-refractivity contribution in [3.63, 3.8) is 0 Å². The highest BCUT2D eigenvalue weighted by Crippen LogP contribution is 2.29. The van der Waals surface area contributed by atoms with Gasteiger partial charge in [-0.1, -0.05) is 19.1 Å². The molecule has 0 saturated carbocycles. The number of non-ortho nitro benzene ring substituents is 1. The Morgan fingerprint density at radius 1 is 1.03 bits per heavy atom. The molecule has 2 aliphatic heterocycles. The fourth-order valence-corrected chi connectivity index (χ4v) is 4.91. The Hall–Kier alpha value is -3.46. The summed E-state index contributed by atoms with van der Waals surface area (Å²) < 4.78 is 5.71. The second kappa shape index (κ2) is 11.1. The summed E-state index contributed by atoms with van der Waals surface area (Å²) in [5.41, 5.74) is 2.35. The number of morpholine rings is 1. The Kier molecular flexibility index (Phi) is 7.88. The molecule has 9 heteroatoms. The van der Waals surface area contributed by atoms with Crippen LogP contribution >= 0.6 is 0 Å². The van der Waals surface area contributed by atoms with Crippen LogP contribution in [0.2, 0.25) is 0 Å². The number of ether oxygens (including phenoxy) is 1. The van der Waals surface area contributed by atoms with E-state index < -0.39 is 4.92 Å². The first-order chi connectivity index (χ1) is 17.2. The molecule has 0 aliphatic carbocycles. The highest BCUT2D eigenvalue weighted by molar-refractivity contribution is 6.00. The average Bonchev–Trinajstić information content (AvgIpc) is 2.86. The Morgan fingerprint density at radius 3 is 2.28 bits per heavy atom. The lowest BCUT2D eigenvalue weighted by molar-refractivity contribution is -0.384. The molecule has 192 valence electrons. The van der Waals surface area contributed by atoms with E-state index in [9.17, 15) is 19.7 Å². The topological polar surface area (TPSA) is 105 Å². The standard InChI is InChI=1S/C27H34N4O5/c1-18-10-12-29(13-11-18)25-9-8-23(31(34)35)14-24(25)26(32)28-15-21-4-6-22(7-5-21)27(33)30-16-19(2)36-20(3)17-30/h4-9,14,18-20H,10-13,15-17H2,1-3H3,(H,28,32). The normalized spacial score (nSPS) is 20.8. The Labute approximate surface area is 211 Å². The lowest BCUT2D eigenvalue weighted by Gasteiger charge is -2.35. The maximum atomic E-state index is 13.1. The molecule has 9 nitrogen and oxygen atoms in total. The Morgan fingerprint density at radius 2 is 1.67 bits per heavy atom. The lowest BCUT2D eigenvalue weighted by atomic mass is 9.98. The number of nitrogens with zero attached hydrogens (tertiary/aromatic N) is 3. The molecule has 2 heterocycles. The molecule has 36 heavy (non-hydrogen) atoms. The number of nitro benzene ring substituents is 1. The van der Waals surface area contributed by atoms with Gasteiger partial charge in [0.1, 0.15) is 0 Å². The van der Waals surface area contributed by atoms with Crippen LogP contribution in [-0.2, 0) is 11.3 Å². The van der Waals surface area contributed by atoms with Gasteiger partial charge in [0.15, 0.2) is 0 Å². The molecule has 2 unspecified atom stereocenters. The third-order valence-corrected chi connectivity index (χ3v) is 6.92. The highest BCUT2D eigenvalue weighted by Gasteiger charge is 2.27. The number of hydrogen-bond acceptors (Lipinski definition) is 6. The lowest BCUT2D eigenvalue weighted by Crippen LogP contribution is -2.48. The zero-order valence-corrected chi connectivity index (χ0v) is 21.1. The number of hydrogen-bond donors (Lipinski definition) is 1. The number of benzene rings is 2. The molecule has 0 bridgehead atoms. The molecule has 2 atom stereocenters. The summed E-state index contributed by atoms with van der Waals surface area (Å²) in [6.07, 6.45) is 2.04. The van der Waals surface area contributed by atoms with Gasteiger partial charge in [-0.15, -0.1) is 0 Å². The van der Waals surface area contributed by atoms with Gasteiger partial charge in [0.25, 0.3) is 17.5 Å². The van der Waals surface area contributed by atoms with E-state index in [0.29, 0.717) is 30.1 Å². The van der Waals surface area contributed by atoms with E-state index in [4.69, 9.17) is 4.74 Å². The molecular formula is C27H34N4O5. The monoisotopic (exact) mass is 494 g/mol. The first-order valence-electron chi connectivity index (χ1n) is 12.6. The van der Waals surface area contributed by atoms with E-state index in [1.165, 1.54) is 12.1 Å². The van der Waals surface area contributed by atoms with E-state index in [2.05, 4.69) is 17.1 Å². The van der Waals surface area contributed by atoms with Crippen LogP contribution in [0.4, 0.5) is 11.4 Å². The second-order valence-electron chi connectivity index (χ2n) is 9.98. The fraction of sp³-hybridized carbons (Fsp3) is 0.481. The Balaban J connectivity index is 1.43. The maximum absolute atomic E-state index is 13.1. The molecule has 2 aromatic carbocycles. The van der Waals surface area contributed by atoms with Gasteiger partial charge in [-0.2, -0.15) is 0 Å². The second-order valence-corrected chi connectivity index (χ2v) is 9.98. The van der Waals surface area contributed by atoms with Crippen LogP contribution in [0.5, 0.6) is 0 Å². The zero-order valence-electron chi connectivity index (χ0n) is 21.1. The molecule has 1 N–H and O–H groups in total. The van der Waals surface area contributed by atoms with Gasteiger partial charge >= 0.3 is 0 Å². The summed E-state index contributed by atoms with van der Waals surface area (Å²) in [6, 6.07) is 11.7. The molecule has 0 aromatic heterocycles. The van der Waals surface area contributed by atoms with Gasteiger partial charge < -0.3 is 19.9 Å². The highest BCUT2D eigenvalue weighted by atomic mass is 16.6. The average molecular weight is 495 g/mol. The molecule has 2 aliphatic rings. The summed E-state index contributed by atoms with van der Waals surface area (Å²) >= 11 is 0. The van der Waals surface area contributed by atoms with Crippen molar-refractivity contribution in [1.82, 2.24) is 10.2 Å². The van der Waals surface area contributed by atoms with Crippen molar-refractivity contribution >= 4 is 23.2 Å². The minimum atomic E-state index is -0.482. The summed E-state index contributed by atoms with van der Waals surface area (Å²) in [5, 5.41) is 14.2. The van der Waals surface area contributed by atoms with Crippen molar-refractivity contribution in [2.45, 2.75) is 52.4 Å². The van der Waals surface area contributed by atoms with Gasteiger partial charge in [-0.3, -0.25) is 19.7 Å². The van der Waals surface area contributed by atoms with Crippen LogP contribution in [0, 0.1) is 16.0 Å². The number of carbonyl (C=O) groups is 2. The third-order valence-electron chi connectivity index (χ3n) is 6.92. The van der Waals surface area contributed by atoms with Crippen LogP contribution in [0.3, 0.4) is 0 Å². The number of carbonyl (C=O) groups excluding carboxylic acids is 2. The van der Waals surface area contributed by atoms with Crippen LogP contribution in [0.1, 0.15) is 59.9 Å². The van der Waals surface area contributed by atoms with E-state index >= 15 is 0 Å². The van der Waals surface area contributed by atoms with E-state index in [-0.39, 0.29) is 36.3 Å². The molecule has 2 saturated heterocycles. The molecule has 4 rings (SSSR count). The fourth-order valence-electron chi connectivity index (χ4n) is 4.91. The molecule has 0 spiro atoms. The SMILES string of the molecule is CC1CCN(c2ccc([N+](=O)[O-])cc2C(=O)NCc2ccc(C(=O)N3CC(C)OC(C)C3)cc2)CC1. The van der Waals surface area contributed by atoms with Crippen LogP contribution < -0.4 is 10.2 Å². The molecule has 2 aromatic rings. The van der Waals surface area contributed by atoms with Crippen LogP contribution in [0.15, 0.2) is 42.5 Å². The molecule has 0 radical (unpaired) electrons. The summed E-state index contributed by atoms with van der Waals surface area (Å²) in [5.74, 6) is 0.231. The number of piperidine rings is 1. The van der Waals surface area contributed by atoms with Gasteiger partial charge in [0, 0.05) is 50.4 Å². The maximum Gasteiger partial charge on any atom is 0.270 e. The van der Waals surface area contributed by atoms with E-state index in [0.717, 1.165) is 37.2 Å². The van der Waals surface area contributed by atoms with Crippen LogP contribution in [0.25, 0.3) is 0 Å². The van der Waals surface area contributed by atoms with Crippen molar-refractivity contribution < 1.29 is 19.2 Å². The predicted molar refractivity (Wildman–Crippen MR) is 137 cm³/mol.